The molecule has 0 amide bonds. The highest BCUT2D eigenvalue weighted by Gasteiger charge is 2.54. The van der Waals surface area contributed by atoms with Crippen LogP contribution in [0.1, 0.15) is 30.4 Å². The van der Waals surface area contributed by atoms with Crippen molar-refractivity contribution in [1.29, 1.82) is 0 Å². The molecule has 1 aliphatic rings. The van der Waals surface area contributed by atoms with Gasteiger partial charge in [0.1, 0.15) is 18.6 Å². The van der Waals surface area contributed by atoms with Crippen LogP contribution in [0.5, 0.6) is 23.0 Å². The van der Waals surface area contributed by atoms with E-state index in [0.717, 1.165) is 48.6 Å². The van der Waals surface area contributed by atoms with Gasteiger partial charge in [0.05, 0.1) is 0 Å². The third-order valence-electron chi connectivity index (χ3n) is 6.13. The summed E-state index contributed by atoms with van der Waals surface area (Å²) in [7, 11) is 0. The number of carboxylic acids is 2. The van der Waals surface area contributed by atoms with Gasteiger partial charge in [0, 0.05) is 25.0 Å². The summed E-state index contributed by atoms with van der Waals surface area (Å²) in [6.07, 6.45) is -4.10. The van der Waals surface area contributed by atoms with E-state index in [9.17, 15) is 54.6 Å². The molecule has 43 heavy (non-hydrogen) atoms. The molecular formula is C28H26O15. The maximum atomic E-state index is 12.6. The highest BCUT2D eigenvalue weighted by atomic mass is 16.6. The summed E-state index contributed by atoms with van der Waals surface area (Å²) in [6, 6.07) is 7.18. The number of phenolic OH excluding ortho intramolecular Hbond substituents is 4. The van der Waals surface area contributed by atoms with E-state index < -0.39 is 96.0 Å². The molecule has 1 aliphatic carbocycles. The van der Waals surface area contributed by atoms with Gasteiger partial charge in [0.2, 0.25) is 0 Å². The fourth-order valence-electron chi connectivity index (χ4n) is 4.08. The Morgan fingerprint density at radius 3 is 1.53 bits per heavy atom. The molecule has 2 aromatic carbocycles. The van der Waals surface area contributed by atoms with Crippen LogP contribution in [-0.2, 0) is 38.2 Å². The lowest BCUT2D eigenvalue weighted by atomic mass is 9.79. The Labute approximate surface area is 242 Å². The van der Waals surface area contributed by atoms with Gasteiger partial charge in [-0.15, -0.1) is 0 Å². The van der Waals surface area contributed by atoms with Crippen LogP contribution in [0.15, 0.2) is 48.6 Å². The summed E-state index contributed by atoms with van der Waals surface area (Å²) in [6.45, 7) is 0. The molecule has 15 heteroatoms. The number of rotatable bonds is 10. The molecule has 0 unspecified atom stereocenters. The maximum Gasteiger partial charge on any atom is 0.335 e. The van der Waals surface area contributed by atoms with Gasteiger partial charge in [0.15, 0.2) is 34.7 Å². The molecule has 0 spiro atoms. The largest absolute Gasteiger partial charge is 0.504 e. The van der Waals surface area contributed by atoms with Crippen LogP contribution in [0.3, 0.4) is 0 Å². The van der Waals surface area contributed by atoms with E-state index >= 15 is 0 Å². The third-order valence-corrected chi connectivity index (χ3v) is 6.13. The van der Waals surface area contributed by atoms with Crippen LogP contribution in [0.4, 0.5) is 0 Å². The highest BCUT2D eigenvalue weighted by Crippen LogP contribution is 2.35. The van der Waals surface area contributed by atoms with Crippen molar-refractivity contribution in [1.82, 2.24) is 0 Å². The first-order valence-electron chi connectivity index (χ1n) is 12.4. The van der Waals surface area contributed by atoms with E-state index in [1.165, 1.54) is 12.1 Å². The predicted octanol–water partition coefficient (Wildman–Crippen LogP) is 1.06. The molecular weight excluding hydrogens is 576 g/mol. The van der Waals surface area contributed by atoms with Crippen LogP contribution in [0, 0.1) is 0 Å². The molecule has 3 rings (SSSR count). The summed E-state index contributed by atoms with van der Waals surface area (Å²) < 4.78 is 15.6. The predicted molar refractivity (Wildman–Crippen MR) is 141 cm³/mol. The van der Waals surface area contributed by atoms with Crippen LogP contribution in [0.25, 0.3) is 12.2 Å². The molecule has 0 bridgehead atoms. The standard InChI is InChI=1S/C28H26O15/c29-16-5-1-14(9-18(16)31)3-7-23(35)41-20-12-28(40,27(38)39)13-21(26(20)43-25(37)11-22(33)34)42-24(36)8-4-15-2-6-17(30)19(32)10-15/h1-10,20-21,26,29-32,40H,11-13H2,(H,33,34)(H,38,39)/t20-,21-,26?,28?/m1/s1. The van der Waals surface area contributed by atoms with Crippen molar-refractivity contribution >= 4 is 42.0 Å². The van der Waals surface area contributed by atoms with Crippen molar-refractivity contribution in [2.75, 3.05) is 0 Å². The number of esters is 3. The number of ether oxygens (including phenoxy) is 3. The first-order valence-corrected chi connectivity index (χ1v) is 12.4. The lowest BCUT2D eigenvalue weighted by Gasteiger charge is -2.42. The lowest BCUT2D eigenvalue weighted by Crippen LogP contribution is -2.59. The van der Waals surface area contributed by atoms with Crippen molar-refractivity contribution in [2.24, 2.45) is 0 Å². The van der Waals surface area contributed by atoms with Gasteiger partial charge in [0.25, 0.3) is 0 Å². The maximum absolute atomic E-state index is 12.6. The van der Waals surface area contributed by atoms with Gasteiger partial charge >= 0.3 is 29.8 Å². The van der Waals surface area contributed by atoms with Gasteiger partial charge < -0.3 is 50.0 Å². The molecule has 2 aromatic rings. The van der Waals surface area contributed by atoms with Crippen molar-refractivity contribution in [3.8, 4) is 23.0 Å². The number of carboxylic acid groups (broad SMARTS) is 2. The number of hydrogen-bond acceptors (Lipinski definition) is 13. The number of aliphatic carboxylic acids is 2. The summed E-state index contributed by atoms with van der Waals surface area (Å²) in [5.41, 5.74) is -2.17. The monoisotopic (exact) mass is 602 g/mol. The Kier molecular flexibility index (Phi) is 9.95. The van der Waals surface area contributed by atoms with E-state index in [4.69, 9.17) is 19.3 Å². The number of carbonyl (C=O) groups excluding carboxylic acids is 3. The second-order valence-corrected chi connectivity index (χ2v) is 9.38. The van der Waals surface area contributed by atoms with Gasteiger partial charge in [-0.3, -0.25) is 9.59 Å². The zero-order chi connectivity index (χ0) is 31.9. The average Bonchev–Trinajstić information content (AvgIpc) is 2.91. The normalized spacial score (nSPS) is 21.7. The smallest absolute Gasteiger partial charge is 0.335 e. The fraction of sp³-hybridized carbons (Fsp3) is 0.250. The molecule has 0 saturated heterocycles. The number of benzene rings is 2. The molecule has 0 radical (unpaired) electrons. The Bertz CT molecular complexity index is 1390. The quantitative estimate of drug-likeness (QED) is 0.0659. The van der Waals surface area contributed by atoms with E-state index in [2.05, 4.69) is 0 Å². The van der Waals surface area contributed by atoms with E-state index in [1.54, 1.807) is 0 Å². The van der Waals surface area contributed by atoms with Crippen molar-refractivity contribution in [3.63, 3.8) is 0 Å². The number of phenols is 4. The SMILES string of the molecule is O=C(O)CC(=O)OC1[C@H](OC(=O)C=Cc2ccc(O)c(O)c2)CC(O)(C(=O)O)C[C@H]1OC(=O)C=Cc1ccc(O)c(O)c1. The third kappa shape index (κ3) is 8.71. The van der Waals surface area contributed by atoms with Gasteiger partial charge in [-0.2, -0.15) is 0 Å². The topological polar surface area (TPSA) is 255 Å². The molecule has 1 fully saturated rings. The van der Waals surface area contributed by atoms with E-state index in [0.29, 0.717) is 0 Å². The molecule has 15 nitrogen and oxygen atoms in total. The van der Waals surface area contributed by atoms with E-state index in [-0.39, 0.29) is 11.1 Å². The average molecular weight is 603 g/mol. The number of carbonyl (C=O) groups is 5. The number of hydrogen-bond donors (Lipinski definition) is 7. The molecule has 0 aliphatic heterocycles. The molecule has 2 atom stereocenters. The Balaban J connectivity index is 1.88. The van der Waals surface area contributed by atoms with Crippen molar-refractivity contribution in [2.45, 2.75) is 43.2 Å². The first-order chi connectivity index (χ1) is 20.2. The minimum atomic E-state index is -2.65. The zero-order valence-electron chi connectivity index (χ0n) is 22.0. The molecule has 228 valence electrons. The molecule has 1 saturated carbocycles. The Hall–Kier alpha value is -5.57. The zero-order valence-corrected chi connectivity index (χ0v) is 22.0. The molecule has 7 N–H and O–H groups in total. The van der Waals surface area contributed by atoms with Gasteiger partial charge in [-0.1, -0.05) is 12.1 Å². The van der Waals surface area contributed by atoms with Gasteiger partial charge in [-0.25, -0.2) is 14.4 Å². The molecule has 0 heterocycles. The van der Waals surface area contributed by atoms with Crippen LogP contribution >= 0.6 is 0 Å². The molecule has 0 aromatic heterocycles. The van der Waals surface area contributed by atoms with E-state index in [1.807, 2.05) is 0 Å². The van der Waals surface area contributed by atoms with Crippen LogP contribution < -0.4 is 0 Å². The summed E-state index contributed by atoms with van der Waals surface area (Å²) in [4.78, 5) is 60.4. The summed E-state index contributed by atoms with van der Waals surface area (Å²) in [5.74, 6) is -8.81. The Morgan fingerprint density at radius 1 is 0.721 bits per heavy atom. The second-order valence-electron chi connectivity index (χ2n) is 9.38. The number of aliphatic hydroxyl groups is 1. The van der Waals surface area contributed by atoms with Crippen LogP contribution in [-0.4, -0.2) is 89.5 Å². The lowest BCUT2D eigenvalue weighted by molar-refractivity contribution is -0.213. The van der Waals surface area contributed by atoms with Crippen molar-refractivity contribution in [3.05, 3.63) is 59.7 Å². The number of aromatic hydroxyl groups is 4. The minimum absolute atomic E-state index is 0.239. The fourth-order valence-corrected chi connectivity index (χ4v) is 4.08. The van der Waals surface area contributed by atoms with Crippen molar-refractivity contribution < 1.29 is 73.9 Å². The highest BCUT2D eigenvalue weighted by molar-refractivity contribution is 5.91. The summed E-state index contributed by atoms with van der Waals surface area (Å²) in [5, 5.41) is 67.4. The van der Waals surface area contributed by atoms with Crippen LogP contribution in [0.2, 0.25) is 0 Å². The summed E-state index contributed by atoms with van der Waals surface area (Å²) >= 11 is 0. The Morgan fingerprint density at radius 2 is 1.16 bits per heavy atom. The first kappa shape index (κ1) is 32.0. The van der Waals surface area contributed by atoms with Gasteiger partial charge in [-0.05, 0) is 47.5 Å². The minimum Gasteiger partial charge on any atom is -0.504 e. The second kappa shape index (κ2) is 13.4.